The number of rotatable bonds is 8. The minimum absolute atomic E-state index is 0.542. The molecule has 0 amide bonds. The lowest BCUT2D eigenvalue weighted by molar-refractivity contribution is 0.230. The van der Waals surface area contributed by atoms with E-state index < -0.39 is 0 Å². The van der Waals surface area contributed by atoms with Crippen LogP contribution in [-0.2, 0) is 12.3 Å². The van der Waals surface area contributed by atoms with E-state index in [0.29, 0.717) is 5.88 Å². The first-order valence-corrected chi connectivity index (χ1v) is 9.37. The van der Waals surface area contributed by atoms with Gasteiger partial charge in [0.25, 0.3) is 0 Å². The summed E-state index contributed by atoms with van der Waals surface area (Å²) in [5.74, 6) is 1.50. The van der Waals surface area contributed by atoms with E-state index in [-0.39, 0.29) is 0 Å². The van der Waals surface area contributed by atoms with Crippen LogP contribution in [-0.4, -0.2) is 30.0 Å². The molecule has 2 rings (SSSR count). The van der Waals surface area contributed by atoms with Gasteiger partial charge in [-0.2, -0.15) is 0 Å². The quantitative estimate of drug-likeness (QED) is 0.510. The van der Waals surface area contributed by atoms with Crippen LogP contribution in [0.1, 0.15) is 55.6 Å². The summed E-state index contributed by atoms with van der Waals surface area (Å²) in [6.45, 7) is 2.53. The van der Waals surface area contributed by atoms with Crippen molar-refractivity contribution in [2.24, 2.45) is 5.92 Å². The van der Waals surface area contributed by atoms with E-state index in [9.17, 15) is 0 Å². The van der Waals surface area contributed by atoms with Crippen LogP contribution in [0.5, 0.6) is 0 Å². The lowest BCUT2D eigenvalue weighted by Gasteiger charge is -2.26. The summed E-state index contributed by atoms with van der Waals surface area (Å²) in [6.07, 6.45) is 10.9. The van der Waals surface area contributed by atoms with Gasteiger partial charge in [0.2, 0.25) is 0 Å². The second-order valence-corrected chi connectivity index (χ2v) is 7.30. The fourth-order valence-electron chi connectivity index (χ4n) is 3.08. The normalized spacial score (nSPS) is 16.9. The van der Waals surface area contributed by atoms with Gasteiger partial charge in [0.1, 0.15) is 0 Å². The first-order chi connectivity index (χ1) is 9.78. The van der Waals surface area contributed by atoms with Crippen LogP contribution in [0, 0.1) is 5.92 Å². The van der Waals surface area contributed by atoms with Crippen LogP contribution in [0.15, 0.2) is 5.38 Å². The number of nitrogens with zero attached hydrogens (tertiary/aromatic N) is 2. The SMILES string of the molecule is CN(CCCCc1nc(CCl)cs1)CC1CCCCC1. The lowest BCUT2D eigenvalue weighted by Crippen LogP contribution is -2.28. The molecule has 4 heteroatoms. The summed E-state index contributed by atoms with van der Waals surface area (Å²) in [4.78, 5) is 7.04. The zero-order valence-electron chi connectivity index (χ0n) is 12.6. The monoisotopic (exact) mass is 314 g/mol. The molecule has 0 saturated heterocycles. The van der Waals surface area contributed by atoms with Crippen molar-refractivity contribution in [3.8, 4) is 0 Å². The standard InChI is InChI=1S/C16H27ClN2S/c1-19(12-14-7-3-2-4-8-14)10-6-5-9-16-18-15(11-17)13-20-16/h13-14H,2-12H2,1H3. The zero-order chi connectivity index (χ0) is 14.2. The highest BCUT2D eigenvalue weighted by molar-refractivity contribution is 7.09. The molecular formula is C16H27ClN2S. The predicted molar refractivity (Wildman–Crippen MR) is 88.7 cm³/mol. The van der Waals surface area contributed by atoms with Crippen molar-refractivity contribution in [3.63, 3.8) is 0 Å². The average Bonchev–Trinajstić information content (AvgIpc) is 2.93. The Morgan fingerprint density at radius 3 is 2.80 bits per heavy atom. The summed E-state index contributed by atoms with van der Waals surface area (Å²) in [6, 6.07) is 0. The number of hydrogen-bond donors (Lipinski definition) is 0. The van der Waals surface area contributed by atoms with Crippen LogP contribution >= 0.6 is 22.9 Å². The van der Waals surface area contributed by atoms with Crippen LogP contribution in [0.2, 0.25) is 0 Å². The Morgan fingerprint density at radius 2 is 2.10 bits per heavy atom. The molecule has 114 valence electrons. The molecule has 1 fully saturated rings. The number of unbranched alkanes of at least 4 members (excludes halogenated alkanes) is 1. The highest BCUT2D eigenvalue weighted by atomic mass is 35.5. The van der Waals surface area contributed by atoms with E-state index in [0.717, 1.165) is 18.0 Å². The molecule has 0 spiro atoms. The number of halogens is 1. The van der Waals surface area contributed by atoms with Crippen LogP contribution in [0.4, 0.5) is 0 Å². The smallest absolute Gasteiger partial charge is 0.0928 e. The van der Waals surface area contributed by atoms with E-state index in [1.807, 2.05) is 0 Å². The van der Waals surface area contributed by atoms with Gasteiger partial charge < -0.3 is 4.90 Å². The second-order valence-electron chi connectivity index (χ2n) is 6.09. The Hall–Kier alpha value is -0.120. The van der Waals surface area contributed by atoms with Crippen molar-refractivity contribution in [3.05, 3.63) is 16.1 Å². The molecule has 0 bridgehead atoms. The summed E-state index contributed by atoms with van der Waals surface area (Å²) >= 11 is 7.53. The number of alkyl halides is 1. The highest BCUT2D eigenvalue weighted by Gasteiger charge is 2.14. The van der Waals surface area contributed by atoms with Crippen molar-refractivity contribution in [1.82, 2.24) is 9.88 Å². The molecule has 20 heavy (non-hydrogen) atoms. The molecule has 1 aromatic rings. The average molecular weight is 315 g/mol. The van der Waals surface area contributed by atoms with Gasteiger partial charge in [0.15, 0.2) is 0 Å². The zero-order valence-corrected chi connectivity index (χ0v) is 14.2. The van der Waals surface area contributed by atoms with E-state index in [2.05, 4.69) is 22.3 Å². The molecule has 1 aliphatic carbocycles. The van der Waals surface area contributed by atoms with E-state index >= 15 is 0 Å². The van der Waals surface area contributed by atoms with Gasteiger partial charge in [0.05, 0.1) is 16.6 Å². The van der Waals surface area contributed by atoms with Crippen molar-refractivity contribution < 1.29 is 0 Å². The fraction of sp³-hybridized carbons (Fsp3) is 0.812. The molecule has 1 aliphatic rings. The second kappa shape index (κ2) is 9.01. The topological polar surface area (TPSA) is 16.1 Å². The number of thiazole rings is 1. The van der Waals surface area contributed by atoms with Crippen molar-refractivity contribution in [2.75, 3.05) is 20.1 Å². The van der Waals surface area contributed by atoms with Gasteiger partial charge >= 0.3 is 0 Å². The van der Waals surface area contributed by atoms with Crippen LogP contribution in [0.3, 0.4) is 0 Å². The number of aromatic nitrogens is 1. The first kappa shape index (κ1) is 16.3. The lowest BCUT2D eigenvalue weighted by atomic mass is 9.89. The maximum absolute atomic E-state index is 5.77. The Morgan fingerprint density at radius 1 is 1.30 bits per heavy atom. The van der Waals surface area contributed by atoms with Gasteiger partial charge in [-0.3, -0.25) is 0 Å². The largest absolute Gasteiger partial charge is 0.306 e. The fourth-order valence-corrected chi connectivity index (χ4v) is 4.15. The summed E-state index contributed by atoms with van der Waals surface area (Å²) in [5.41, 5.74) is 1.03. The summed E-state index contributed by atoms with van der Waals surface area (Å²) < 4.78 is 0. The molecule has 1 saturated carbocycles. The first-order valence-electron chi connectivity index (χ1n) is 7.95. The Labute approximate surface area is 132 Å². The van der Waals surface area contributed by atoms with E-state index in [1.165, 1.54) is 63.0 Å². The molecule has 0 atom stereocenters. The molecule has 0 radical (unpaired) electrons. The van der Waals surface area contributed by atoms with Crippen LogP contribution in [0.25, 0.3) is 0 Å². The predicted octanol–water partition coefficient (Wildman–Crippen LogP) is 4.72. The molecule has 1 heterocycles. The maximum Gasteiger partial charge on any atom is 0.0928 e. The Kier molecular flexibility index (Phi) is 7.32. The van der Waals surface area contributed by atoms with Gasteiger partial charge in [-0.1, -0.05) is 19.3 Å². The number of aryl methyl sites for hydroxylation is 1. The molecule has 0 aliphatic heterocycles. The minimum atomic E-state index is 0.542. The third kappa shape index (κ3) is 5.71. The number of hydrogen-bond acceptors (Lipinski definition) is 3. The third-order valence-electron chi connectivity index (χ3n) is 4.21. The van der Waals surface area contributed by atoms with Gasteiger partial charge in [-0.15, -0.1) is 22.9 Å². The Balaban J connectivity index is 1.55. The van der Waals surface area contributed by atoms with Gasteiger partial charge in [-0.05, 0) is 51.6 Å². The van der Waals surface area contributed by atoms with Crippen LogP contribution < -0.4 is 0 Å². The Bertz CT molecular complexity index is 374. The van der Waals surface area contributed by atoms with Crippen molar-refractivity contribution in [2.45, 2.75) is 57.2 Å². The summed E-state index contributed by atoms with van der Waals surface area (Å²) in [7, 11) is 2.28. The van der Waals surface area contributed by atoms with Crippen molar-refractivity contribution in [1.29, 1.82) is 0 Å². The van der Waals surface area contributed by atoms with Gasteiger partial charge in [0, 0.05) is 11.9 Å². The molecular weight excluding hydrogens is 288 g/mol. The molecule has 1 aromatic heterocycles. The van der Waals surface area contributed by atoms with E-state index in [1.54, 1.807) is 11.3 Å². The summed E-state index contributed by atoms with van der Waals surface area (Å²) in [5, 5.41) is 3.33. The maximum atomic E-state index is 5.77. The van der Waals surface area contributed by atoms with E-state index in [4.69, 9.17) is 11.6 Å². The van der Waals surface area contributed by atoms with Gasteiger partial charge in [-0.25, -0.2) is 4.98 Å². The highest BCUT2D eigenvalue weighted by Crippen LogP contribution is 2.24. The molecule has 0 unspecified atom stereocenters. The van der Waals surface area contributed by atoms with Crippen molar-refractivity contribution >= 4 is 22.9 Å². The minimum Gasteiger partial charge on any atom is -0.306 e. The molecule has 2 nitrogen and oxygen atoms in total. The molecule has 0 aromatic carbocycles. The third-order valence-corrected chi connectivity index (χ3v) is 5.44. The molecule has 0 N–H and O–H groups in total.